The van der Waals surface area contributed by atoms with Gasteiger partial charge >= 0.3 is 0 Å². The van der Waals surface area contributed by atoms with Gasteiger partial charge < -0.3 is 209 Å². The van der Waals surface area contributed by atoms with Crippen molar-refractivity contribution < 1.29 is 207 Å². The summed E-state index contributed by atoms with van der Waals surface area (Å²) >= 11 is 0. The van der Waals surface area contributed by atoms with Gasteiger partial charge in [-0.3, -0.25) is 19.2 Å². The Balaban J connectivity index is 1.05. The largest absolute Gasteiger partial charge is 0.497 e. The van der Waals surface area contributed by atoms with E-state index in [1.54, 1.807) is 0 Å². The van der Waals surface area contributed by atoms with E-state index in [1.807, 2.05) is 0 Å². The lowest BCUT2D eigenvalue weighted by molar-refractivity contribution is -0.398. The first kappa shape index (κ1) is 88.2. The van der Waals surface area contributed by atoms with Gasteiger partial charge in [0.05, 0.1) is 60.0 Å². The standard InChI is InChI=1S/C63H100N4O42/c1-18(75)64-32-41(84)36(79)24(10-68)96-57(32)108-54-46(89)38(81)26(12-70)98-62(54)94-17-31-40(83)53(107-63-55(47(90)39(82)27(13-71)99-63)109-59-35(67-21(4)78)44(87)51(29(15-73)102-59)105-60-48(91)45(88)37(80)25(11-69)97-60)49(92)61(103-31)106-52-30(16-74)101-58(34(43(52)86)66-20(3)77)104-50-28(14-72)100-56(33(42(50)85)65-19(2)76)95-23-8-6-22(93-5)7-9-23/h6-9,24-63,68-74,79-92H,10-17H2,1-5H3,(H,64,75)(H,65,76)(H,66,77)(H,67,78). The van der Waals surface area contributed by atoms with Crippen molar-refractivity contribution >= 4 is 23.6 Å². The number of aliphatic hydroxyl groups excluding tert-OH is 21. The third-order valence-corrected chi connectivity index (χ3v) is 19.5. The zero-order valence-electron chi connectivity index (χ0n) is 59.0. The summed E-state index contributed by atoms with van der Waals surface area (Å²) in [6, 6.07) is -1.03. The Morgan fingerprint density at radius 2 is 0.587 bits per heavy atom. The van der Waals surface area contributed by atoms with Gasteiger partial charge in [-0.15, -0.1) is 0 Å². The van der Waals surface area contributed by atoms with E-state index in [9.17, 15) is 126 Å². The minimum absolute atomic E-state index is 0.143. The van der Waals surface area contributed by atoms with Gasteiger partial charge in [0.1, 0.15) is 207 Å². The quantitative estimate of drug-likeness (QED) is 0.0354. The lowest BCUT2D eigenvalue weighted by Crippen LogP contribution is -2.71. The van der Waals surface area contributed by atoms with Crippen molar-refractivity contribution in [3.63, 3.8) is 0 Å². The fourth-order valence-electron chi connectivity index (χ4n) is 13.8. The molecule has 0 aromatic heterocycles. The van der Waals surface area contributed by atoms with Crippen LogP contribution in [0.5, 0.6) is 11.5 Å². The molecule has 40 atom stereocenters. The van der Waals surface area contributed by atoms with E-state index in [-0.39, 0.29) is 5.75 Å². The highest BCUT2D eigenvalue weighted by Gasteiger charge is 2.60. The first-order valence-electron chi connectivity index (χ1n) is 34.7. The highest BCUT2D eigenvalue weighted by atomic mass is 16.8. The third kappa shape index (κ3) is 20.0. The van der Waals surface area contributed by atoms with Crippen molar-refractivity contribution in [2.75, 3.05) is 60.0 Å². The molecule has 0 spiro atoms. The van der Waals surface area contributed by atoms with Crippen LogP contribution >= 0.6 is 0 Å². The van der Waals surface area contributed by atoms with Gasteiger partial charge in [0.25, 0.3) is 0 Å². The number of hydrogen-bond donors (Lipinski definition) is 25. The number of hydrogen-bond acceptors (Lipinski definition) is 42. The molecule has 8 aliphatic rings. The Kier molecular flexibility index (Phi) is 31.6. The van der Waals surface area contributed by atoms with Crippen LogP contribution < -0.4 is 30.7 Å². The monoisotopic (exact) mass is 1580 g/mol. The van der Waals surface area contributed by atoms with Crippen molar-refractivity contribution in [3.05, 3.63) is 24.3 Å². The SMILES string of the molecule is COc1ccc(OC2OC(CO)C(OC3OC(CO)C(OC4OC(COC5OC(CO)C(O)C(O)C5OC5OC(CO)C(O)C(O)C5NC(C)=O)C(O)C(OC5OC(CO)C(O)C(O)C5OC5OC(CO)C(OC6OC(CO)C(O)C(O)C6O)C(O)C5NC(C)=O)C4O)C(O)C3NC(C)=O)C(O)C2NC(C)=O)cc1. The van der Waals surface area contributed by atoms with E-state index in [2.05, 4.69) is 21.3 Å². The van der Waals surface area contributed by atoms with Crippen molar-refractivity contribution in [1.82, 2.24) is 21.3 Å². The molecule has 46 nitrogen and oxygen atoms in total. The summed E-state index contributed by atoms with van der Waals surface area (Å²) in [5, 5.41) is 244. The molecule has 9 rings (SSSR count). The molecule has 8 heterocycles. The lowest BCUT2D eigenvalue weighted by Gasteiger charge is -2.51. The molecule has 4 amide bonds. The van der Waals surface area contributed by atoms with E-state index < -0.39 is 322 Å². The molecule has 109 heavy (non-hydrogen) atoms. The molecule has 8 aliphatic heterocycles. The number of rotatable bonds is 29. The average Bonchev–Trinajstić information content (AvgIpc) is 0.773. The molecule has 40 unspecified atom stereocenters. The number of carbonyl (C=O) groups excluding carboxylic acids is 4. The number of ether oxygens (including phenoxy) is 17. The third-order valence-electron chi connectivity index (χ3n) is 19.5. The van der Waals surface area contributed by atoms with Gasteiger partial charge in [-0.25, -0.2) is 0 Å². The normalized spacial score (nSPS) is 45.6. The predicted molar refractivity (Wildman–Crippen MR) is 342 cm³/mol. The number of carbonyl (C=O) groups is 4. The van der Waals surface area contributed by atoms with Crippen LogP contribution in [0.4, 0.5) is 0 Å². The molecule has 25 N–H and O–H groups in total. The molecule has 0 bridgehead atoms. The van der Waals surface area contributed by atoms with Crippen molar-refractivity contribution in [2.45, 2.75) is 273 Å². The van der Waals surface area contributed by atoms with E-state index in [1.165, 1.54) is 31.4 Å². The number of aliphatic hydroxyl groups is 21. The first-order chi connectivity index (χ1) is 51.8. The Morgan fingerprint density at radius 3 is 1.00 bits per heavy atom. The van der Waals surface area contributed by atoms with Crippen LogP contribution in [-0.2, 0) is 90.2 Å². The molecule has 46 heteroatoms. The second-order valence-electron chi connectivity index (χ2n) is 27.1. The summed E-state index contributed by atoms with van der Waals surface area (Å²) in [5.74, 6) is -2.81. The molecular weight excluding hydrogens is 1480 g/mol. The lowest BCUT2D eigenvalue weighted by atomic mass is 9.93. The predicted octanol–water partition coefficient (Wildman–Crippen LogP) is -15.8. The van der Waals surface area contributed by atoms with Gasteiger partial charge in [-0.05, 0) is 24.3 Å². The van der Waals surface area contributed by atoms with Crippen molar-refractivity contribution in [1.29, 1.82) is 0 Å². The van der Waals surface area contributed by atoms with Gasteiger partial charge in [0, 0.05) is 27.7 Å². The molecular formula is C63H100N4O42. The summed E-state index contributed by atoms with van der Waals surface area (Å²) in [5.41, 5.74) is 0. The Morgan fingerprint density at radius 1 is 0.294 bits per heavy atom. The maximum Gasteiger partial charge on any atom is 0.223 e. The highest BCUT2D eigenvalue weighted by Crippen LogP contribution is 2.40. The minimum atomic E-state index is -2.53. The smallest absolute Gasteiger partial charge is 0.223 e. The number of benzene rings is 1. The summed E-state index contributed by atoms with van der Waals surface area (Å²) in [4.78, 5) is 51.1. The maximum atomic E-state index is 13.1. The van der Waals surface area contributed by atoms with E-state index in [0.717, 1.165) is 27.7 Å². The minimum Gasteiger partial charge on any atom is -0.497 e. The van der Waals surface area contributed by atoms with Gasteiger partial charge in [0.2, 0.25) is 29.9 Å². The Hall–Kier alpha value is -4.74. The fraction of sp³-hybridized carbons (Fsp3) is 0.841. The van der Waals surface area contributed by atoms with Crippen LogP contribution in [-0.4, -0.2) is 436 Å². The highest BCUT2D eigenvalue weighted by molar-refractivity contribution is 5.74. The van der Waals surface area contributed by atoms with Crippen LogP contribution in [0.3, 0.4) is 0 Å². The summed E-state index contributed by atoms with van der Waals surface area (Å²) in [7, 11) is 1.42. The van der Waals surface area contributed by atoms with Crippen LogP contribution in [0.1, 0.15) is 27.7 Å². The molecule has 624 valence electrons. The molecule has 8 saturated heterocycles. The first-order valence-corrected chi connectivity index (χ1v) is 34.7. The molecule has 1 aromatic carbocycles. The average molecular weight is 1590 g/mol. The summed E-state index contributed by atoms with van der Waals surface area (Å²) < 4.78 is 101. The van der Waals surface area contributed by atoms with Gasteiger partial charge in [0.15, 0.2) is 44.0 Å². The molecule has 0 aliphatic carbocycles. The second-order valence-corrected chi connectivity index (χ2v) is 27.1. The van der Waals surface area contributed by atoms with Crippen LogP contribution in [0.25, 0.3) is 0 Å². The van der Waals surface area contributed by atoms with Gasteiger partial charge in [-0.1, -0.05) is 0 Å². The number of methoxy groups -OCH3 is 1. The van der Waals surface area contributed by atoms with E-state index in [0.29, 0.717) is 5.75 Å². The maximum absolute atomic E-state index is 13.1. The molecule has 8 fully saturated rings. The topological polar surface area (TPSA) is 698 Å². The van der Waals surface area contributed by atoms with Crippen LogP contribution in [0.15, 0.2) is 24.3 Å². The van der Waals surface area contributed by atoms with Crippen LogP contribution in [0, 0.1) is 0 Å². The fourth-order valence-corrected chi connectivity index (χ4v) is 13.8. The second kappa shape index (κ2) is 39.1. The number of nitrogens with one attached hydrogen (secondary N) is 4. The van der Waals surface area contributed by atoms with Crippen molar-refractivity contribution in [3.8, 4) is 11.5 Å². The van der Waals surface area contributed by atoms with Crippen LogP contribution in [0.2, 0.25) is 0 Å². The summed E-state index contributed by atoms with van der Waals surface area (Å²) in [6.07, 6.45) is -73.2. The molecule has 0 radical (unpaired) electrons. The van der Waals surface area contributed by atoms with E-state index in [4.69, 9.17) is 80.5 Å². The number of amides is 4. The van der Waals surface area contributed by atoms with E-state index >= 15 is 0 Å². The van der Waals surface area contributed by atoms with Crippen molar-refractivity contribution in [2.24, 2.45) is 0 Å². The van der Waals surface area contributed by atoms with Gasteiger partial charge in [-0.2, -0.15) is 0 Å². The molecule has 1 aromatic rings. The zero-order valence-corrected chi connectivity index (χ0v) is 59.0. The Bertz CT molecular complexity index is 3040. The summed E-state index contributed by atoms with van der Waals surface area (Å²) in [6.45, 7) is -4.44. The Labute approximate surface area is 619 Å². The molecule has 0 saturated carbocycles. The zero-order chi connectivity index (χ0) is 79.9.